The van der Waals surface area contributed by atoms with Crippen molar-refractivity contribution in [3.63, 3.8) is 0 Å². The number of thiophene rings is 1. The Balaban J connectivity index is 1.80. The molecule has 6 heteroatoms. The number of carbonyl (C=O) groups is 2. The second kappa shape index (κ2) is 8.43. The number of amides is 2. The number of carbonyl (C=O) groups excluding carboxylic acids is 2. The number of nitrogens with one attached hydrogen (secondary N) is 1. The highest BCUT2D eigenvalue weighted by atomic mass is 32.1. The lowest BCUT2D eigenvalue weighted by Crippen LogP contribution is -2.37. The van der Waals surface area contributed by atoms with Crippen LogP contribution in [0.3, 0.4) is 0 Å². The van der Waals surface area contributed by atoms with E-state index in [1.54, 1.807) is 23.5 Å². The number of hydrogen-bond acceptors (Lipinski definition) is 3. The first-order chi connectivity index (χ1) is 11.0. The lowest BCUT2D eigenvalue weighted by Gasteiger charge is -2.14. The van der Waals surface area contributed by atoms with Crippen LogP contribution in [0.2, 0.25) is 0 Å². The zero-order valence-electron chi connectivity index (χ0n) is 12.6. The first-order valence-corrected chi connectivity index (χ1v) is 8.30. The Morgan fingerprint density at radius 1 is 1.17 bits per heavy atom. The average molecular weight is 334 g/mol. The van der Waals surface area contributed by atoms with Crippen LogP contribution in [0.1, 0.15) is 17.5 Å². The number of nitrogens with two attached hydrogens (primary N) is 1. The van der Waals surface area contributed by atoms with Gasteiger partial charge in [0, 0.05) is 13.0 Å². The summed E-state index contributed by atoms with van der Waals surface area (Å²) in [7, 11) is 0. The zero-order chi connectivity index (χ0) is 16.7. The monoisotopic (exact) mass is 334 g/mol. The summed E-state index contributed by atoms with van der Waals surface area (Å²) in [5, 5.41) is 6.73. The molecule has 0 radical (unpaired) electrons. The highest BCUT2D eigenvalue weighted by molar-refractivity contribution is 7.07. The molecule has 2 rings (SSSR count). The molecule has 2 amide bonds. The summed E-state index contributed by atoms with van der Waals surface area (Å²) in [4.78, 5) is 23.4. The van der Waals surface area contributed by atoms with E-state index >= 15 is 0 Å². The summed E-state index contributed by atoms with van der Waals surface area (Å²) in [5.74, 6) is -1.43. The van der Waals surface area contributed by atoms with Crippen LogP contribution in [-0.4, -0.2) is 18.4 Å². The fourth-order valence-electron chi connectivity index (χ4n) is 2.20. The van der Waals surface area contributed by atoms with Crippen molar-refractivity contribution in [3.8, 4) is 0 Å². The van der Waals surface area contributed by atoms with Crippen molar-refractivity contribution in [2.45, 2.75) is 19.3 Å². The molecule has 3 N–H and O–H groups in total. The summed E-state index contributed by atoms with van der Waals surface area (Å²) in [6.45, 7) is 0.190. The van der Waals surface area contributed by atoms with E-state index < -0.39 is 11.8 Å². The van der Waals surface area contributed by atoms with Crippen LogP contribution in [0.25, 0.3) is 0 Å². The molecule has 2 aromatic rings. The van der Waals surface area contributed by atoms with Crippen LogP contribution in [0.5, 0.6) is 0 Å². The summed E-state index contributed by atoms with van der Waals surface area (Å²) >= 11 is 1.60. The van der Waals surface area contributed by atoms with Gasteiger partial charge in [0.15, 0.2) is 0 Å². The van der Waals surface area contributed by atoms with Crippen LogP contribution >= 0.6 is 11.3 Å². The minimum absolute atomic E-state index is 0.110. The van der Waals surface area contributed by atoms with Gasteiger partial charge < -0.3 is 11.1 Å². The first kappa shape index (κ1) is 17.1. The van der Waals surface area contributed by atoms with Crippen molar-refractivity contribution in [1.29, 1.82) is 0 Å². The van der Waals surface area contributed by atoms with E-state index in [9.17, 15) is 14.0 Å². The third-order valence-corrected chi connectivity index (χ3v) is 4.30. The van der Waals surface area contributed by atoms with Crippen LogP contribution in [0.15, 0.2) is 41.1 Å². The van der Waals surface area contributed by atoms with E-state index in [1.807, 2.05) is 16.8 Å². The van der Waals surface area contributed by atoms with Crippen LogP contribution in [-0.2, 0) is 22.4 Å². The van der Waals surface area contributed by atoms with E-state index in [2.05, 4.69) is 5.32 Å². The minimum Gasteiger partial charge on any atom is -0.369 e. The Morgan fingerprint density at radius 3 is 2.52 bits per heavy atom. The SMILES string of the molecule is NC(=O)[C@H](CNC(=O)CCc1ccsc1)Cc1ccc(F)cc1. The number of aryl methyl sites for hydroxylation is 1. The molecule has 0 spiro atoms. The predicted molar refractivity (Wildman–Crippen MR) is 88.4 cm³/mol. The maximum atomic E-state index is 12.9. The van der Waals surface area contributed by atoms with Gasteiger partial charge in [-0.3, -0.25) is 9.59 Å². The maximum absolute atomic E-state index is 12.9. The molecule has 122 valence electrons. The van der Waals surface area contributed by atoms with Crippen molar-refractivity contribution in [2.75, 3.05) is 6.54 Å². The molecule has 1 aromatic heterocycles. The fraction of sp³-hybridized carbons (Fsp3) is 0.294. The van der Waals surface area contributed by atoms with Gasteiger partial charge in [0.2, 0.25) is 11.8 Å². The lowest BCUT2D eigenvalue weighted by molar-refractivity contribution is -0.123. The van der Waals surface area contributed by atoms with E-state index in [4.69, 9.17) is 5.73 Å². The second-order valence-electron chi connectivity index (χ2n) is 5.37. The minimum atomic E-state index is -0.509. The molecule has 0 fully saturated rings. The molecule has 23 heavy (non-hydrogen) atoms. The van der Waals surface area contributed by atoms with Gasteiger partial charge in [-0.2, -0.15) is 11.3 Å². The molecule has 0 aliphatic carbocycles. The highest BCUT2D eigenvalue weighted by Crippen LogP contribution is 2.10. The van der Waals surface area contributed by atoms with Gasteiger partial charge in [-0.25, -0.2) is 4.39 Å². The molecule has 0 aliphatic rings. The lowest BCUT2D eigenvalue weighted by atomic mass is 9.98. The molecule has 0 bridgehead atoms. The molecule has 1 aromatic carbocycles. The first-order valence-electron chi connectivity index (χ1n) is 7.36. The van der Waals surface area contributed by atoms with Crippen molar-refractivity contribution >= 4 is 23.2 Å². The fourth-order valence-corrected chi connectivity index (χ4v) is 2.90. The van der Waals surface area contributed by atoms with Crippen LogP contribution < -0.4 is 11.1 Å². The molecule has 0 unspecified atom stereocenters. The molecule has 4 nitrogen and oxygen atoms in total. The highest BCUT2D eigenvalue weighted by Gasteiger charge is 2.17. The Morgan fingerprint density at radius 2 is 1.91 bits per heavy atom. The Hall–Kier alpha value is -2.21. The second-order valence-corrected chi connectivity index (χ2v) is 6.15. The molecule has 1 heterocycles. The smallest absolute Gasteiger partial charge is 0.222 e. The summed E-state index contributed by atoms with van der Waals surface area (Å²) in [5.41, 5.74) is 7.32. The van der Waals surface area contributed by atoms with Gasteiger partial charge in [-0.15, -0.1) is 0 Å². The van der Waals surface area contributed by atoms with Gasteiger partial charge >= 0.3 is 0 Å². The third-order valence-electron chi connectivity index (χ3n) is 3.56. The molecule has 0 saturated heterocycles. The van der Waals surface area contributed by atoms with Crippen molar-refractivity contribution in [1.82, 2.24) is 5.32 Å². The van der Waals surface area contributed by atoms with E-state index in [-0.39, 0.29) is 18.3 Å². The molecule has 1 atom stereocenters. The van der Waals surface area contributed by atoms with Crippen molar-refractivity contribution in [2.24, 2.45) is 11.7 Å². The van der Waals surface area contributed by atoms with Crippen LogP contribution in [0, 0.1) is 11.7 Å². The van der Waals surface area contributed by atoms with Gasteiger partial charge in [0.25, 0.3) is 0 Å². The van der Waals surface area contributed by atoms with Crippen molar-refractivity contribution in [3.05, 3.63) is 58.0 Å². The van der Waals surface area contributed by atoms with Crippen LogP contribution in [0.4, 0.5) is 4.39 Å². The van der Waals surface area contributed by atoms with Gasteiger partial charge in [0.05, 0.1) is 5.92 Å². The summed E-state index contributed by atoms with van der Waals surface area (Å²) in [6.07, 6.45) is 1.42. The Bertz CT molecular complexity index is 641. The molecular weight excluding hydrogens is 315 g/mol. The molecular formula is C17H19FN2O2S. The van der Waals surface area contributed by atoms with Crippen molar-refractivity contribution < 1.29 is 14.0 Å². The number of benzene rings is 1. The number of hydrogen-bond donors (Lipinski definition) is 2. The summed E-state index contributed by atoms with van der Waals surface area (Å²) < 4.78 is 12.9. The topological polar surface area (TPSA) is 72.2 Å². The van der Waals surface area contributed by atoms with Gasteiger partial charge in [-0.05, 0) is 52.9 Å². The Labute approximate surface area is 138 Å². The average Bonchev–Trinajstić information content (AvgIpc) is 3.04. The van der Waals surface area contributed by atoms with E-state index in [1.165, 1.54) is 12.1 Å². The standard InChI is InChI=1S/C17H19FN2O2S/c18-15-4-1-12(2-5-15)9-14(17(19)22)10-20-16(21)6-3-13-7-8-23-11-13/h1-2,4-5,7-8,11,14H,3,6,9-10H2,(H2,19,22)(H,20,21)/t14-/m0/s1. The molecule has 0 aliphatic heterocycles. The number of primary amides is 1. The maximum Gasteiger partial charge on any atom is 0.222 e. The number of rotatable bonds is 8. The Kier molecular flexibility index (Phi) is 6.29. The van der Waals surface area contributed by atoms with Gasteiger partial charge in [-0.1, -0.05) is 12.1 Å². The summed E-state index contributed by atoms with van der Waals surface area (Å²) in [6, 6.07) is 7.89. The molecule has 0 saturated carbocycles. The quantitative estimate of drug-likeness (QED) is 0.777. The van der Waals surface area contributed by atoms with E-state index in [0.717, 1.165) is 11.1 Å². The normalized spacial score (nSPS) is 11.9. The zero-order valence-corrected chi connectivity index (χ0v) is 13.4. The third kappa shape index (κ3) is 5.83. The number of halogens is 1. The predicted octanol–water partition coefficient (Wildman–Crippen LogP) is 2.28. The largest absolute Gasteiger partial charge is 0.369 e. The van der Waals surface area contributed by atoms with Gasteiger partial charge in [0.1, 0.15) is 5.82 Å². The van der Waals surface area contributed by atoms with E-state index in [0.29, 0.717) is 19.3 Å².